The van der Waals surface area contributed by atoms with E-state index in [-0.39, 0.29) is 12.1 Å². The van der Waals surface area contributed by atoms with Gasteiger partial charge in [-0.15, -0.1) is 11.3 Å². The van der Waals surface area contributed by atoms with Crippen LogP contribution in [0.4, 0.5) is 10.5 Å². The third-order valence-electron chi connectivity index (χ3n) is 4.61. The number of urea groups is 1. The van der Waals surface area contributed by atoms with Gasteiger partial charge in [-0.1, -0.05) is 24.3 Å². The largest absolute Gasteiger partial charge is 0.379 e. The second-order valence-corrected chi connectivity index (χ2v) is 7.26. The molecule has 5 nitrogen and oxygen atoms in total. The van der Waals surface area contributed by atoms with Crippen LogP contribution in [0.5, 0.6) is 0 Å². The molecule has 2 heterocycles. The highest BCUT2D eigenvalue weighted by Gasteiger charge is 2.19. The van der Waals surface area contributed by atoms with Gasteiger partial charge in [-0.25, -0.2) is 4.79 Å². The van der Waals surface area contributed by atoms with Crippen LogP contribution in [0.1, 0.15) is 23.4 Å². The molecule has 6 heteroatoms. The topological polar surface area (TPSA) is 44.8 Å². The van der Waals surface area contributed by atoms with E-state index < -0.39 is 0 Å². The molecule has 1 saturated heterocycles. The molecule has 2 amide bonds. The van der Waals surface area contributed by atoms with Crippen molar-refractivity contribution < 1.29 is 9.53 Å². The highest BCUT2D eigenvalue weighted by atomic mass is 32.1. The molecule has 1 aromatic heterocycles. The van der Waals surface area contributed by atoms with Gasteiger partial charge in [0, 0.05) is 37.2 Å². The minimum atomic E-state index is -0.0877. The average Bonchev–Trinajstić information content (AvgIpc) is 3.17. The fourth-order valence-electron chi connectivity index (χ4n) is 2.88. The molecule has 0 saturated carbocycles. The molecule has 3 rings (SSSR count). The Morgan fingerprint density at radius 1 is 1.28 bits per heavy atom. The normalized spacial score (nSPS) is 16.4. The van der Waals surface area contributed by atoms with Crippen molar-refractivity contribution in [1.29, 1.82) is 0 Å². The standard InChI is InChI=1S/C19H25N3O2S/c1-15(18-8-5-13-25-18)21(2)19(23)20-17-7-4-3-6-16(17)14-22-9-11-24-12-10-22/h3-8,13,15H,9-12,14H2,1-2H3,(H,20,23)/t15-/m0/s1. The molecule has 0 radical (unpaired) electrons. The molecule has 1 aliphatic rings. The highest BCUT2D eigenvalue weighted by molar-refractivity contribution is 7.10. The van der Waals surface area contributed by atoms with Crippen LogP contribution in [0.3, 0.4) is 0 Å². The predicted octanol–water partition coefficient (Wildman–Crippen LogP) is 3.81. The first-order valence-electron chi connectivity index (χ1n) is 8.60. The molecule has 1 aromatic carbocycles. The zero-order chi connectivity index (χ0) is 17.6. The van der Waals surface area contributed by atoms with Gasteiger partial charge in [-0.2, -0.15) is 0 Å². The molecule has 1 fully saturated rings. The van der Waals surface area contributed by atoms with E-state index in [9.17, 15) is 4.79 Å². The minimum Gasteiger partial charge on any atom is -0.379 e. The van der Waals surface area contributed by atoms with Crippen molar-refractivity contribution in [2.24, 2.45) is 0 Å². The molecular weight excluding hydrogens is 334 g/mol. The van der Waals surface area contributed by atoms with Gasteiger partial charge in [0.05, 0.1) is 19.3 Å². The number of hydrogen-bond acceptors (Lipinski definition) is 4. The molecule has 0 aliphatic carbocycles. The van der Waals surface area contributed by atoms with E-state index in [1.165, 1.54) is 4.88 Å². The van der Waals surface area contributed by atoms with Crippen LogP contribution in [-0.4, -0.2) is 49.2 Å². The fourth-order valence-corrected chi connectivity index (χ4v) is 3.71. The van der Waals surface area contributed by atoms with Gasteiger partial charge < -0.3 is 15.0 Å². The lowest BCUT2D eigenvalue weighted by molar-refractivity contribution is 0.0342. The first-order chi connectivity index (χ1) is 12.1. The van der Waals surface area contributed by atoms with Crippen molar-refractivity contribution in [2.75, 3.05) is 38.7 Å². The summed E-state index contributed by atoms with van der Waals surface area (Å²) in [5.41, 5.74) is 2.01. The summed E-state index contributed by atoms with van der Waals surface area (Å²) in [5.74, 6) is 0. The Labute approximate surface area is 153 Å². The Balaban J connectivity index is 1.66. The first-order valence-corrected chi connectivity index (χ1v) is 9.48. The highest BCUT2D eigenvalue weighted by Crippen LogP contribution is 2.25. The quantitative estimate of drug-likeness (QED) is 0.883. The van der Waals surface area contributed by atoms with E-state index in [0.29, 0.717) is 0 Å². The van der Waals surface area contributed by atoms with Crippen molar-refractivity contribution in [3.8, 4) is 0 Å². The van der Waals surface area contributed by atoms with Crippen molar-refractivity contribution >= 4 is 23.1 Å². The van der Waals surface area contributed by atoms with Crippen LogP contribution in [0, 0.1) is 0 Å². The van der Waals surface area contributed by atoms with Gasteiger partial charge in [0.1, 0.15) is 0 Å². The van der Waals surface area contributed by atoms with Crippen molar-refractivity contribution in [3.63, 3.8) is 0 Å². The smallest absolute Gasteiger partial charge is 0.322 e. The number of amides is 2. The van der Waals surface area contributed by atoms with Gasteiger partial charge in [0.25, 0.3) is 0 Å². The van der Waals surface area contributed by atoms with Gasteiger partial charge in [0.15, 0.2) is 0 Å². The van der Waals surface area contributed by atoms with Crippen LogP contribution in [0.25, 0.3) is 0 Å². The van der Waals surface area contributed by atoms with Crippen LogP contribution in [-0.2, 0) is 11.3 Å². The molecule has 0 bridgehead atoms. The number of para-hydroxylation sites is 1. The monoisotopic (exact) mass is 359 g/mol. The van der Waals surface area contributed by atoms with Crippen molar-refractivity contribution in [3.05, 3.63) is 52.2 Å². The maximum Gasteiger partial charge on any atom is 0.322 e. The lowest BCUT2D eigenvalue weighted by atomic mass is 10.1. The Bertz CT molecular complexity index is 684. The van der Waals surface area contributed by atoms with E-state index in [1.807, 2.05) is 43.6 Å². The van der Waals surface area contributed by atoms with Gasteiger partial charge in [0.2, 0.25) is 0 Å². The molecule has 2 aromatic rings. The minimum absolute atomic E-state index is 0.0476. The lowest BCUT2D eigenvalue weighted by Crippen LogP contribution is -2.36. The molecule has 25 heavy (non-hydrogen) atoms. The Kier molecular flexibility index (Phi) is 6.07. The van der Waals surface area contributed by atoms with E-state index in [4.69, 9.17) is 4.74 Å². The van der Waals surface area contributed by atoms with Crippen molar-refractivity contribution in [2.45, 2.75) is 19.5 Å². The molecule has 1 N–H and O–H groups in total. The Hall–Kier alpha value is -1.89. The van der Waals surface area contributed by atoms with Crippen LogP contribution >= 0.6 is 11.3 Å². The summed E-state index contributed by atoms with van der Waals surface area (Å²) in [6.45, 7) is 6.27. The lowest BCUT2D eigenvalue weighted by Gasteiger charge is -2.28. The first kappa shape index (κ1) is 17.9. The number of thiophene rings is 1. The summed E-state index contributed by atoms with van der Waals surface area (Å²) >= 11 is 1.67. The number of morpholine rings is 1. The van der Waals surface area contributed by atoms with E-state index in [2.05, 4.69) is 22.3 Å². The second-order valence-electron chi connectivity index (χ2n) is 6.28. The van der Waals surface area contributed by atoms with Crippen LogP contribution < -0.4 is 5.32 Å². The number of ether oxygens (including phenoxy) is 1. The zero-order valence-electron chi connectivity index (χ0n) is 14.8. The Morgan fingerprint density at radius 2 is 2.04 bits per heavy atom. The molecule has 0 spiro atoms. The number of nitrogens with zero attached hydrogens (tertiary/aromatic N) is 2. The predicted molar refractivity (Wildman–Crippen MR) is 102 cm³/mol. The van der Waals surface area contributed by atoms with Gasteiger partial charge in [-0.05, 0) is 30.0 Å². The van der Waals surface area contributed by atoms with Crippen LogP contribution in [0.2, 0.25) is 0 Å². The van der Waals surface area contributed by atoms with Gasteiger partial charge >= 0.3 is 6.03 Å². The number of carbonyl (C=O) groups is 1. The summed E-state index contributed by atoms with van der Waals surface area (Å²) in [5, 5.41) is 5.11. The summed E-state index contributed by atoms with van der Waals surface area (Å²) in [4.78, 5) is 18.0. The third-order valence-corrected chi connectivity index (χ3v) is 5.66. The molecule has 1 aliphatic heterocycles. The number of hydrogen-bond donors (Lipinski definition) is 1. The van der Waals surface area contributed by atoms with Crippen LogP contribution in [0.15, 0.2) is 41.8 Å². The number of benzene rings is 1. The molecule has 1 atom stereocenters. The van der Waals surface area contributed by atoms with E-state index >= 15 is 0 Å². The number of rotatable bonds is 5. The van der Waals surface area contributed by atoms with Gasteiger partial charge in [-0.3, -0.25) is 4.90 Å². The molecule has 0 unspecified atom stereocenters. The van der Waals surface area contributed by atoms with E-state index in [0.717, 1.165) is 44.1 Å². The SMILES string of the molecule is C[C@@H](c1cccs1)N(C)C(=O)Nc1ccccc1CN1CCOCC1. The number of carbonyl (C=O) groups excluding carboxylic acids is 1. The summed E-state index contributed by atoms with van der Waals surface area (Å²) < 4.78 is 5.41. The second kappa shape index (κ2) is 8.47. The summed E-state index contributed by atoms with van der Waals surface area (Å²) in [6.07, 6.45) is 0. The van der Waals surface area contributed by atoms with Crippen molar-refractivity contribution in [1.82, 2.24) is 9.80 Å². The maximum absolute atomic E-state index is 12.7. The molecular formula is C19H25N3O2S. The molecule has 134 valence electrons. The maximum atomic E-state index is 12.7. The summed E-state index contributed by atoms with van der Waals surface area (Å²) in [7, 11) is 1.84. The average molecular weight is 359 g/mol. The number of anilines is 1. The Morgan fingerprint density at radius 3 is 2.76 bits per heavy atom. The van der Waals surface area contributed by atoms with E-state index in [1.54, 1.807) is 16.2 Å². The fraction of sp³-hybridized carbons (Fsp3) is 0.421. The zero-order valence-corrected chi connectivity index (χ0v) is 15.6. The summed E-state index contributed by atoms with van der Waals surface area (Å²) in [6, 6.07) is 12.1. The third kappa shape index (κ3) is 4.60. The number of nitrogens with one attached hydrogen (secondary N) is 1.